The third kappa shape index (κ3) is 4.00. The smallest absolute Gasteiger partial charge is 0.337 e. The summed E-state index contributed by atoms with van der Waals surface area (Å²) in [7, 11) is 1.42. The van der Waals surface area contributed by atoms with Crippen LogP contribution in [0.25, 0.3) is 0 Å². The first kappa shape index (κ1) is 15.0. The van der Waals surface area contributed by atoms with E-state index in [0.29, 0.717) is 11.5 Å². The Morgan fingerprint density at radius 1 is 1.50 bits per heavy atom. The number of carbonyl (C=O) groups is 1. The van der Waals surface area contributed by atoms with Crippen LogP contribution < -0.4 is 5.32 Å². The molecular formula is C14H20ClNO2. The van der Waals surface area contributed by atoms with Gasteiger partial charge in [0.1, 0.15) is 0 Å². The summed E-state index contributed by atoms with van der Waals surface area (Å²) in [4.78, 5) is 11.4. The third-order valence-corrected chi connectivity index (χ3v) is 3.27. The normalized spacial score (nSPS) is 18.8. The minimum absolute atomic E-state index is 0. The van der Waals surface area contributed by atoms with E-state index in [1.54, 1.807) is 6.07 Å². The Hall–Kier alpha value is -1.06. The topological polar surface area (TPSA) is 38.3 Å². The quantitative estimate of drug-likeness (QED) is 0.857. The van der Waals surface area contributed by atoms with Gasteiger partial charge in [-0.3, -0.25) is 0 Å². The first-order valence-corrected chi connectivity index (χ1v) is 6.17. The maximum atomic E-state index is 11.4. The van der Waals surface area contributed by atoms with Gasteiger partial charge in [-0.2, -0.15) is 0 Å². The lowest BCUT2D eigenvalue weighted by Gasteiger charge is -2.22. The van der Waals surface area contributed by atoms with Gasteiger partial charge in [0.2, 0.25) is 0 Å². The standard InChI is InChI=1S/C14H19NO2.ClH/c1-17-14(16)13-6-2-4-11(9-13)8-12-5-3-7-15-10-12;/h2,4,6,9,12,15H,3,5,7-8,10H2,1H3;1H. The molecule has 1 aliphatic heterocycles. The zero-order valence-corrected chi connectivity index (χ0v) is 11.5. The van der Waals surface area contributed by atoms with Gasteiger partial charge in [0, 0.05) is 0 Å². The minimum atomic E-state index is -0.256. The molecule has 18 heavy (non-hydrogen) atoms. The van der Waals surface area contributed by atoms with Gasteiger partial charge in [-0.1, -0.05) is 12.1 Å². The Morgan fingerprint density at radius 3 is 3.00 bits per heavy atom. The van der Waals surface area contributed by atoms with Crippen molar-refractivity contribution in [3.8, 4) is 0 Å². The zero-order chi connectivity index (χ0) is 12.1. The van der Waals surface area contributed by atoms with Crippen LogP contribution >= 0.6 is 12.4 Å². The van der Waals surface area contributed by atoms with Gasteiger partial charge in [-0.25, -0.2) is 4.79 Å². The van der Waals surface area contributed by atoms with E-state index in [-0.39, 0.29) is 18.4 Å². The lowest BCUT2D eigenvalue weighted by atomic mass is 9.92. The first-order valence-electron chi connectivity index (χ1n) is 6.17. The van der Waals surface area contributed by atoms with Crippen molar-refractivity contribution >= 4 is 18.4 Å². The van der Waals surface area contributed by atoms with Crippen LogP contribution in [0.15, 0.2) is 24.3 Å². The molecule has 1 heterocycles. The van der Waals surface area contributed by atoms with Gasteiger partial charge in [-0.05, 0) is 56.0 Å². The van der Waals surface area contributed by atoms with E-state index in [1.165, 1.54) is 25.5 Å². The molecule has 1 saturated heterocycles. The number of rotatable bonds is 3. The fourth-order valence-electron chi connectivity index (χ4n) is 2.37. The van der Waals surface area contributed by atoms with Crippen molar-refractivity contribution in [1.29, 1.82) is 0 Å². The third-order valence-electron chi connectivity index (χ3n) is 3.27. The highest BCUT2D eigenvalue weighted by Crippen LogP contribution is 2.17. The molecule has 0 aromatic heterocycles. The van der Waals surface area contributed by atoms with Gasteiger partial charge in [0.15, 0.2) is 0 Å². The van der Waals surface area contributed by atoms with E-state index in [0.717, 1.165) is 19.5 Å². The number of halogens is 1. The van der Waals surface area contributed by atoms with Crippen LogP contribution in [0.1, 0.15) is 28.8 Å². The second-order valence-electron chi connectivity index (χ2n) is 4.61. The lowest BCUT2D eigenvalue weighted by Crippen LogP contribution is -2.30. The average Bonchev–Trinajstić information content (AvgIpc) is 2.39. The molecule has 2 rings (SSSR count). The summed E-state index contributed by atoms with van der Waals surface area (Å²) in [6.07, 6.45) is 3.56. The highest BCUT2D eigenvalue weighted by atomic mass is 35.5. The SMILES string of the molecule is COC(=O)c1cccc(CC2CCCNC2)c1.Cl. The van der Waals surface area contributed by atoms with Crippen LogP contribution in [-0.4, -0.2) is 26.2 Å². The molecule has 0 amide bonds. The van der Waals surface area contributed by atoms with Crippen molar-refractivity contribution in [3.63, 3.8) is 0 Å². The molecule has 0 spiro atoms. The first-order chi connectivity index (χ1) is 8.29. The largest absolute Gasteiger partial charge is 0.465 e. The molecule has 0 radical (unpaired) electrons. The summed E-state index contributed by atoms with van der Waals surface area (Å²) in [6, 6.07) is 7.76. The minimum Gasteiger partial charge on any atom is -0.465 e. The van der Waals surface area contributed by atoms with E-state index < -0.39 is 0 Å². The number of hydrogen-bond donors (Lipinski definition) is 1. The summed E-state index contributed by atoms with van der Waals surface area (Å²) in [5.41, 5.74) is 1.87. The number of piperidine rings is 1. The molecule has 1 unspecified atom stereocenters. The predicted octanol–water partition coefficient (Wildman–Crippen LogP) is 2.44. The molecule has 0 aliphatic carbocycles. The van der Waals surface area contributed by atoms with Crippen LogP contribution in [-0.2, 0) is 11.2 Å². The fraction of sp³-hybridized carbons (Fsp3) is 0.500. The van der Waals surface area contributed by atoms with E-state index in [9.17, 15) is 4.79 Å². The summed E-state index contributed by atoms with van der Waals surface area (Å²) < 4.78 is 4.73. The van der Waals surface area contributed by atoms with E-state index in [4.69, 9.17) is 4.74 Å². The number of esters is 1. The highest BCUT2D eigenvalue weighted by molar-refractivity contribution is 5.89. The van der Waals surface area contributed by atoms with Crippen LogP contribution in [0.3, 0.4) is 0 Å². The van der Waals surface area contributed by atoms with Gasteiger partial charge < -0.3 is 10.1 Å². The van der Waals surface area contributed by atoms with Crippen LogP contribution in [0, 0.1) is 5.92 Å². The second kappa shape index (κ2) is 7.39. The molecule has 0 saturated carbocycles. The predicted molar refractivity (Wildman–Crippen MR) is 74.3 cm³/mol. The summed E-state index contributed by atoms with van der Waals surface area (Å²) >= 11 is 0. The summed E-state index contributed by atoms with van der Waals surface area (Å²) in [5.74, 6) is 0.435. The van der Waals surface area contributed by atoms with Gasteiger partial charge in [0.05, 0.1) is 12.7 Å². The van der Waals surface area contributed by atoms with Crippen LogP contribution in [0.2, 0.25) is 0 Å². The van der Waals surface area contributed by atoms with Crippen LogP contribution in [0.5, 0.6) is 0 Å². The van der Waals surface area contributed by atoms with Gasteiger partial charge in [0.25, 0.3) is 0 Å². The molecule has 1 aliphatic rings. The van der Waals surface area contributed by atoms with Crippen LogP contribution in [0.4, 0.5) is 0 Å². The number of ether oxygens (including phenoxy) is 1. The number of hydrogen-bond acceptors (Lipinski definition) is 3. The van der Waals surface area contributed by atoms with E-state index in [1.807, 2.05) is 12.1 Å². The number of nitrogens with one attached hydrogen (secondary N) is 1. The number of carbonyl (C=O) groups excluding carboxylic acids is 1. The molecular weight excluding hydrogens is 250 g/mol. The molecule has 4 heteroatoms. The molecule has 1 N–H and O–H groups in total. The molecule has 100 valence electrons. The maximum absolute atomic E-state index is 11.4. The Morgan fingerprint density at radius 2 is 2.33 bits per heavy atom. The molecule has 0 bridgehead atoms. The Balaban J connectivity index is 0.00000162. The molecule has 1 aromatic carbocycles. The van der Waals surface area contributed by atoms with Gasteiger partial charge >= 0.3 is 5.97 Å². The monoisotopic (exact) mass is 269 g/mol. The lowest BCUT2D eigenvalue weighted by molar-refractivity contribution is 0.0600. The Kier molecular flexibility index (Phi) is 6.16. The van der Waals surface area contributed by atoms with Crippen molar-refractivity contribution in [1.82, 2.24) is 5.32 Å². The highest BCUT2D eigenvalue weighted by Gasteiger charge is 2.14. The summed E-state index contributed by atoms with van der Waals surface area (Å²) in [5, 5.41) is 3.41. The van der Waals surface area contributed by atoms with Crippen molar-refractivity contribution < 1.29 is 9.53 Å². The molecule has 1 aromatic rings. The fourth-order valence-corrected chi connectivity index (χ4v) is 2.37. The van der Waals surface area contributed by atoms with E-state index in [2.05, 4.69) is 11.4 Å². The summed E-state index contributed by atoms with van der Waals surface area (Å²) in [6.45, 7) is 2.22. The average molecular weight is 270 g/mol. The zero-order valence-electron chi connectivity index (χ0n) is 10.6. The van der Waals surface area contributed by atoms with Gasteiger partial charge in [-0.15, -0.1) is 12.4 Å². The number of methoxy groups -OCH3 is 1. The maximum Gasteiger partial charge on any atom is 0.337 e. The molecule has 3 nitrogen and oxygen atoms in total. The Bertz CT molecular complexity index is 389. The molecule has 1 atom stereocenters. The molecule has 1 fully saturated rings. The van der Waals surface area contributed by atoms with Crippen molar-refractivity contribution in [2.75, 3.05) is 20.2 Å². The number of benzene rings is 1. The van der Waals surface area contributed by atoms with Crippen molar-refractivity contribution in [2.24, 2.45) is 5.92 Å². The second-order valence-corrected chi connectivity index (χ2v) is 4.61. The van der Waals surface area contributed by atoms with Crippen molar-refractivity contribution in [2.45, 2.75) is 19.3 Å². The van der Waals surface area contributed by atoms with E-state index >= 15 is 0 Å². The Labute approximate surface area is 114 Å². The van der Waals surface area contributed by atoms with Crippen molar-refractivity contribution in [3.05, 3.63) is 35.4 Å².